The van der Waals surface area contributed by atoms with Gasteiger partial charge in [0.2, 0.25) is 5.56 Å². The molecule has 0 unspecified atom stereocenters. The Morgan fingerprint density at radius 3 is 2.82 bits per heavy atom. The second-order valence-corrected chi connectivity index (χ2v) is 3.76. The van der Waals surface area contributed by atoms with Crippen LogP contribution in [0.4, 0.5) is 4.39 Å². The largest absolute Gasteiger partial charge is 0.505 e. The number of rotatable bonds is 2. The predicted molar refractivity (Wildman–Crippen MR) is 65.7 cm³/mol. The highest BCUT2D eigenvalue weighted by atomic mass is 19.1. The summed E-state index contributed by atoms with van der Waals surface area (Å²) in [5.74, 6) is -1.19. The average molecular weight is 233 g/mol. The van der Waals surface area contributed by atoms with Crippen LogP contribution in [0.5, 0.6) is 5.75 Å². The molecule has 1 aromatic heterocycles. The summed E-state index contributed by atoms with van der Waals surface area (Å²) < 4.78 is 13.7. The van der Waals surface area contributed by atoms with Gasteiger partial charge in [-0.05, 0) is 17.9 Å². The fraction of sp³-hybridized carbons (Fsp3) is 0.154. The molecule has 0 bridgehead atoms. The second-order valence-electron chi connectivity index (χ2n) is 3.76. The minimum atomic E-state index is -0.714. The van der Waals surface area contributed by atoms with Crippen molar-refractivity contribution in [3.63, 3.8) is 0 Å². The molecular weight excluding hydrogens is 221 g/mol. The van der Waals surface area contributed by atoms with Crippen molar-refractivity contribution in [3.05, 3.63) is 46.1 Å². The number of hydrogen-bond acceptors (Lipinski definition) is 2. The first-order valence-electron chi connectivity index (χ1n) is 5.28. The molecule has 3 nitrogen and oxygen atoms in total. The number of fused-ring (bicyclic) bond motifs is 1. The summed E-state index contributed by atoms with van der Waals surface area (Å²) in [4.78, 5) is 14.1. The zero-order valence-corrected chi connectivity index (χ0v) is 9.38. The topological polar surface area (TPSA) is 53.1 Å². The van der Waals surface area contributed by atoms with E-state index in [9.17, 15) is 14.3 Å². The Balaban J connectivity index is 3.05. The van der Waals surface area contributed by atoms with Crippen LogP contribution in [-0.2, 0) is 6.42 Å². The third kappa shape index (κ3) is 1.71. The van der Waals surface area contributed by atoms with Gasteiger partial charge in [-0.1, -0.05) is 19.6 Å². The number of H-pyrrole nitrogens is 1. The second kappa shape index (κ2) is 4.05. The summed E-state index contributed by atoms with van der Waals surface area (Å²) in [6.45, 7) is 5.40. The van der Waals surface area contributed by atoms with Crippen LogP contribution in [0.1, 0.15) is 18.2 Å². The van der Waals surface area contributed by atoms with E-state index in [-0.39, 0.29) is 11.1 Å². The quantitative estimate of drug-likeness (QED) is 0.837. The summed E-state index contributed by atoms with van der Waals surface area (Å²) in [6.07, 6.45) is 1.91. The molecule has 0 saturated carbocycles. The van der Waals surface area contributed by atoms with Crippen molar-refractivity contribution in [1.29, 1.82) is 0 Å². The van der Waals surface area contributed by atoms with Gasteiger partial charge in [-0.2, -0.15) is 0 Å². The van der Waals surface area contributed by atoms with Crippen molar-refractivity contribution in [2.24, 2.45) is 0 Å². The summed E-state index contributed by atoms with van der Waals surface area (Å²) in [6, 6.07) is 2.59. The van der Waals surface area contributed by atoms with E-state index in [1.807, 2.05) is 6.92 Å². The summed E-state index contributed by atoms with van der Waals surface area (Å²) in [5.41, 5.74) is 0.588. The Hall–Kier alpha value is -2.10. The Labute approximate surface area is 97.2 Å². The van der Waals surface area contributed by atoms with Crippen LogP contribution in [0.15, 0.2) is 23.5 Å². The monoisotopic (exact) mass is 233 g/mol. The van der Waals surface area contributed by atoms with Gasteiger partial charge in [0, 0.05) is 22.7 Å². The van der Waals surface area contributed by atoms with Gasteiger partial charge < -0.3 is 10.1 Å². The van der Waals surface area contributed by atoms with Gasteiger partial charge in [0.15, 0.2) is 11.6 Å². The fourth-order valence-corrected chi connectivity index (χ4v) is 1.98. The summed E-state index contributed by atoms with van der Waals surface area (Å²) >= 11 is 0. The van der Waals surface area contributed by atoms with Crippen LogP contribution in [0.3, 0.4) is 0 Å². The number of pyridine rings is 1. The van der Waals surface area contributed by atoms with E-state index in [0.717, 1.165) is 0 Å². The Bertz CT molecular complexity index is 658. The molecule has 0 saturated heterocycles. The molecule has 0 amide bonds. The van der Waals surface area contributed by atoms with E-state index in [0.29, 0.717) is 22.9 Å². The van der Waals surface area contributed by atoms with Gasteiger partial charge >= 0.3 is 0 Å². The number of phenolic OH excluding ortho intramolecular Hbond substituents is 1. The molecule has 0 aliphatic heterocycles. The lowest BCUT2D eigenvalue weighted by Crippen LogP contribution is -2.08. The van der Waals surface area contributed by atoms with Crippen molar-refractivity contribution >= 4 is 16.8 Å². The zero-order valence-electron chi connectivity index (χ0n) is 9.38. The van der Waals surface area contributed by atoms with E-state index < -0.39 is 11.6 Å². The number of nitrogens with one attached hydrogen (secondary N) is 1. The molecule has 0 aliphatic carbocycles. The average Bonchev–Trinajstić information content (AvgIpc) is 2.30. The van der Waals surface area contributed by atoms with Crippen molar-refractivity contribution in [2.45, 2.75) is 13.3 Å². The van der Waals surface area contributed by atoms with Gasteiger partial charge in [-0.3, -0.25) is 4.79 Å². The molecule has 17 heavy (non-hydrogen) atoms. The first-order chi connectivity index (χ1) is 8.08. The number of halogens is 1. The number of aromatic nitrogens is 1. The fourth-order valence-electron chi connectivity index (χ4n) is 1.98. The predicted octanol–water partition coefficient (Wildman–Crippen LogP) is 2.58. The van der Waals surface area contributed by atoms with Crippen LogP contribution in [-0.4, -0.2) is 10.1 Å². The molecule has 1 heterocycles. The van der Waals surface area contributed by atoms with E-state index in [2.05, 4.69) is 11.6 Å². The van der Waals surface area contributed by atoms with Gasteiger partial charge in [0.1, 0.15) is 0 Å². The standard InChI is InChI=1S/C13H12FNO2/c1-3-8-12-7(5-10(16)13(8)14)6-11(17)15-9(12)4-2/h3,5-6,16H,1,4H2,2H3,(H,15,17). The maximum absolute atomic E-state index is 13.7. The normalized spacial score (nSPS) is 10.7. The first-order valence-corrected chi connectivity index (χ1v) is 5.28. The molecule has 0 spiro atoms. The number of phenols is 1. The highest BCUT2D eigenvalue weighted by molar-refractivity contribution is 5.93. The number of hydrogen-bond donors (Lipinski definition) is 2. The van der Waals surface area contributed by atoms with Gasteiger partial charge in [0.05, 0.1) is 0 Å². The molecule has 2 rings (SSSR count). The third-order valence-corrected chi connectivity index (χ3v) is 2.73. The highest BCUT2D eigenvalue weighted by Crippen LogP contribution is 2.30. The number of benzene rings is 1. The maximum Gasteiger partial charge on any atom is 0.248 e. The van der Waals surface area contributed by atoms with Gasteiger partial charge in [0.25, 0.3) is 0 Å². The first kappa shape index (κ1) is 11.4. The molecule has 88 valence electrons. The van der Waals surface area contributed by atoms with Crippen molar-refractivity contribution in [3.8, 4) is 5.75 Å². The van der Waals surface area contributed by atoms with Crippen LogP contribution < -0.4 is 5.56 Å². The van der Waals surface area contributed by atoms with Crippen molar-refractivity contribution in [2.75, 3.05) is 0 Å². The van der Waals surface area contributed by atoms with E-state index >= 15 is 0 Å². The minimum Gasteiger partial charge on any atom is -0.505 e. The number of aryl methyl sites for hydroxylation is 1. The van der Waals surface area contributed by atoms with E-state index in [4.69, 9.17) is 0 Å². The van der Waals surface area contributed by atoms with Crippen molar-refractivity contribution in [1.82, 2.24) is 4.98 Å². The maximum atomic E-state index is 13.7. The molecule has 0 aliphatic rings. The molecule has 0 radical (unpaired) electrons. The lowest BCUT2D eigenvalue weighted by Gasteiger charge is -2.09. The molecule has 1 aromatic carbocycles. The van der Waals surface area contributed by atoms with E-state index in [1.165, 1.54) is 18.2 Å². The lowest BCUT2D eigenvalue weighted by molar-refractivity contribution is 0.433. The Kier molecular flexibility index (Phi) is 2.71. The van der Waals surface area contributed by atoms with Gasteiger partial charge in [-0.25, -0.2) is 4.39 Å². The highest BCUT2D eigenvalue weighted by Gasteiger charge is 2.13. The smallest absolute Gasteiger partial charge is 0.248 e. The third-order valence-electron chi connectivity index (χ3n) is 2.73. The van der Waals surface area contributed by atoms with Crippen LogP contribution >= 0.6 is 0 Å². The molecule has 0 fully saturated rings. The molecule has 2 N–H and O–H groups in total. The Morgan fingerprint density at radius 2 is 2.24 bits per heavy atom. The van der Waals surface area contributed by atoms with Crippen molar-refractivity contribution < 1.29 is 9.50 Å². The zero-order chi connectivity index (χ0) is 12.6. The van der Waals surface area contributed by atoms with Crippen LogP contribution in [0.2, 0.25) is 0 Å². The molecule has 4 heteroatoms. The molecular formula is C13H12FNO2. The molecule has 0 atom stereocenters. The van der Waals surface area contributed by atoms with Crippen LogP contribution in [0.25, 0.3) is 16.8 Å². The van der Waals surface area contributed by atoms with Crippen LogP contribution in [0, 0.1) is 5.82 Å². The van der Waals surface area contributed by atoms with Gasteiger partial charge in [-0.15, -0.1) is 0 Å². The minimum absolute atomic E-state index is 0.216. The number of aromatic amines is 1. The summed E-state index contributed by atoms with van der Waals surface area (Å²) in [7, 11) is 0. The SMILES string of the molecule is C=Cc1c(F)c(O)cc2cc(=O)[nH]c(CC)c12. The number of aromatic hydroxyl groups is 1. The lowest BCUT2D eigenvalue weighted by atomic mass is 10.0. The Morgan fingerprint density at radius 1 is 1.53 bits per heavy atom. The molecule has 2 aromatic rings. The van der Waals surface area contributed by atoms with E-state index in [1.54, 1.807) is 0 Å². The summed E-state index contributed by atoms with van der Waals surface area (Å²) in [5, 5.41) is 10.6.